The molecule has 7 heteroatoms. The third-order valence-electron chi connectivity index (χ3n) is 4.40. The lowest BCUT2D eigenvalue weighted by atomic mass is 10.0. The van der Waals surface area contributed by atoms with Gasteiger partial charge in [-0.3, -0.25) is 0 Å². The van der Waals surface area contributed by atoms with Crippen molar-refractivity contribution in [2.45, 2.75) is 19.9 Å². The molecule has 1 aliphatic rings. The van der Waals surface area contributed by atoms with Gasteiger partial charge >= 0.3 is 5.69 Å². The van der Waals surface area contributed by atoms with Gasteiger partial charge in [0.15, 0.2) is 5.82 Å². The monoisotopic (exact) mass is 332 g/mol. The van der Waals surface area contributed by atoms with Crippen molar-refractivity contribution in [3.05, 3.63) is 56.6 Å². The number of nitriles is 1. The molecule has 2 heterocycles. The van der Waals surface area contributed by atoms with Gasteiger partial charge in [0.1, 0.15) is 0 Å². The Morgan fingerprint density at radius 2 is 2.20 bits per heavy atom. The van der Waals surface area contributed by atoms with Gasteiger partial charge in [0.25, 0.3) is 0 Å². The number of aromatic nitrogens is 4. The third kappa shape index (κ3) is 2.39. The molecule has 0 saturated carbocycles. The van der Waals surface area contributed by atoms with E-state index < -0.39 is 0 Å². The Kier molecular flexibility index (Phi) is 3.39. The summed E-state index contributed by atoms with van der Waals surface area (Å²) in [5.41, 5.74) is 7.33. The average molecular weight is 332 g/mol. The molecule has 1 unspecified atom stereocenters. The van der Waals surface area contributed by atoms with Crippen molar-refractivity contribution in [2.75, 3.05) is 5.73 Å². The highest BCUT2D eigenvalue weighted by Crippen LogP contribution is 2.10. The molecule has 0 aliphatic heterocycles. The quantitative estimate of drug-likeness (QED) is 0.711. The van der Waals surface area contributed by atoms with Crippen LogP contribution in [-0.2, 0) is 6.54 Å². The van der Waals surface area contributed by atoms with Gasteiger partial charge in [-0.25, -0.2) is 18.9 Å². The summed E-state index contributed by atoms with van der Waals surface area (Å²) in [5, 5.41) is 15.0. The first kappa shape index (κ1) is 15.1. The molecule has 4 rings (SSSR count). The van der Waals surface area contributed by atoms with Gasteiger partial charge in [0.05, 0.1) is 28.9 Å². The minimum atomic E-state index is -0.285. The summed E-state index contributed by atoms with van der Waals surface area (Å²) in [7, 11) is 0. The van der Waals surface area contributed by atoms with Crippen LogP contribution in [0.3, 0.4) is 0 Å². The van der Waals surface area contributed by atoms with Crippen LogP contribution >= 0.6 is 0 Å². The summed E-state index contributed by atoms with van der Waals surface area (Å²) in [5.74, 6) is 0.540. The van der Waals surface area contributed by atoms with Crippen LogP contribution in [0.2, 0.25) is 0 Å². The topological polar surface area (TPSA) is 102 Å². The van der Waals surface area contributed by atoms with Gasteiger partial charge in [-0.05, 0) is 24.0 Å². The molecule has 0 fully saturated rings. The molecule has 0 saturated heterocycles. The van der Waals surface area contributed by atoms with Crippen molar-refractivity contribution in [1.82, 2.24) is 19.2 Å². The van der Waals surface area contributed by atoms with E-state index in [0.29, 0.717) is 22.5 Å². The van der Waals surface area contributed by atoms with E-state index in [1.807, 2.05) is 24.3 Å². The van der Waals surface area contributed by atoms with E-state index in [4.69, 9.17) is 5.73 Å². The van der Waals surface area contributed by atoms with E-state index >= 15 is 0 Å². The molecule has 0 bridgehead atoms. The summed E-state index contributed by atoms with van der Waals surface area (Å²) in [6, 6.07) is 9.30. The van der Waals surface area contributed by atoms with Crippen molar-refractivity contribution in [2.24, 2.45) is 5.92 Å². The summed E-state index contributed by atoms with van der Waals surface area (Å²) in [6.07, 6.45) is 4.87. The lowest BCUT2D eigenvalue weighted by Gasteiger charge is -2.08. The minimum absolute atomic E-state index is 0.206. The van der Waals surface area contributed by atoms with E-state index in [1.54, 1.807) is 12.1 Å². The second-order valence-electron chi connectivity index (χ2n) is 6.22. The second kappa shape index (κ2) is 5.60. The fourth-order valence-electron chi connectivity index (χ4n) is 3.12. The number of nitrogens with two attached hydrogens (primary N) is 1. The Balaban J connectivity index is 1.97. The number of benzene rings is 1. The summed E-state index contributed by atoms with van der Waals surface area (Å²) >= 11 is 0. The van der Waals surface area contributed by atoms with E-state index in [9.17, 15) is 10.1 Å². The Morgan fingerprint density at radius 1 is 1.40 bits per heavy atom. The zero-order chi connectivity index (χ0) is 17.6. The van der Waals surface area contributed by atoms with Crippen molar-refractivity contribution >= 4 is 23.6 Å². The number of hydrogen-bond donors (Lipinski definition) is 1. The first-order valence-electron chi connectivity index (χ1n) is 8.03. The normalized spacial score (nSPS) is 15.9. The van der Waals surface area contributed by atoms with Crippen LogP contribution in [0.1, 0.15) is 24.5 Å². The molecule has 2 aromatic heterocycles. The maximum Gasteiger partial charge on any atom is 0.351 e. The maximum atomic E-state index is 12.9. The fourth-order valence-corrected chi connectivity index (χ4v) is 3.12. The van der Waals surface area contributed by atoms with E-state index in [2.05, 4.69) is 23.1 Å². The zero-order valence-electron chi connectivity index (χ0n) is 13.7. The van der Waals surface area contributed by atoms with Crippen LogP contribution in [-0.4, -0.2) is 19.2 Å². The van der Waals surface area contributed by atoms with Crippen LogP contribution in [0.25, 0.3) is 17.8 Å². The standard InChI is InChI=1S/C18H16N6O/c1-11-6-7-14-15(8-11)24-17(16(20)21-14)22-23(18(24)25)10-13-5-3-2-4-12(13)9-19/h2-5,7-8,11H,6,10H2,1H3,(H2,20,21). The first-order valence-corrected chi connectivity index (χ1v) is 8.03. The molecule has 0 spiro atoms. The molecule has 0 amide bonds. The van der Waals surface area contributed by atoms with Crippen molar-refractivity contribution in [3.63, 3.8) is 0 Å². The average Bonchev–Trinajstić information content (AvgIpc) is 2.94. The van der Waals surface area contributed by atoms with Crippen molar-refractivity contribution in [1.29, 1.82) is 5.26 Å². The van der Waals surface area contributed by atoms with Gasteiger partial charge in [0.2, 0.25) is 5.65 Å². The molecular formula is C18H16N6O. The van der Waals surface area contributed by atoms with Gasteiger partial charge in [-0.1, -0.05) is 37.3 Å². The number of rotatable bonds is 2. The molecule has 124 valence electrons. The van der Waals surface area contributed by atoms with Gasteiger partial charge in [-0.15, -0.1) is 5.10 Å². The zero-order valence-corrected chi connectivity index (χ0v) is 13.7. The van der Waals surface area contributed by atoms with Crippen LogP contribution in [0, 0.1) is 17.2 Å². The highest BCUT2D eigenvalue weighted by Gasteiger charge is 2.16. The number of fused-ring (bicyclic) bond motifs is 3. The Bertz CT molecular complexity index is 1210. The molecule has 25 heavy (non-hydrogen) atoms. The predicted octanol–water partition coefficient (Wildman–Crippen LogP) is -0.00602. The second-order valence-corrected chi connectivity index (χ2v) is 6.22. The molecule has 1 atom stereocenters. The first-order chi connectivity index (χ1) is 12.1. The van der Waals surface area contributed by atoms with Crippen molar-refractivity contribution in [3.8, 4) is 6.07 Å². The SMILES string of the molecule is CC1C=c2c(nc(N)c3nn(Cc4ccccc4C#N)c(=O)n23)=CC1. The number of nitrogen functional groups attached to an aromatic ring is 1. The van der Waals surface area contributed by atoms with E-state index in [1.165, 1.54) is 9.08 Å². The van der Waals surface area contributed by atoms with Crippen molar-refractivity contribution < 1.29 is 0 Å². The maximum absolute atomic E-state index is 12.9. The van der Waals surface area contributed by atoms with Gasteiger partial charge in [0, 0.05) is 0 Å². The summed E-state index contributed by atoms with van der Waals surface area (Å²) in [4.78, 5) is 17.3. The van der Waals surface area contributed by atoms with Crippen LogP contribution in [0.15, 0.2) is 29.1 Å². The Hall–Kier alpha value is -3.40. The van der Waals surface area contributed by atoms with E-state index in [0.717, 1.165) is 17.3 Å². The molecular weight excluding hydrogens is 316 g/mol. The number of hydrogen-bond acceptors (Lipinski definition) is 5. The Labute approximate surface area is 143 Å². The predicted molar refractivity (Wildman–Crippen MR) is 93.9 cm³/mol. The van der Waals surface area contributed by atoms with Gasteiger partial charge in [-0.2, -0.15) is 5.26 Å². The lowest BCUT2D eigenvalue weighted by Crippen LogP contribution is -2.42. The number of nitrogens with zero attached hydrogens (tertiary/aromatic N) is 5. The Morgan fingerprint density at radius 3 is 3.00 bits per heavy atom. The number of anilines is 1. The molecule has 2 N–H and O–H groups in total. The van der Waals surface area contributed by atoms with Crippen LogP contribution in [0.4, 0.5) is 5.82 Å². The van der Waals surface area contributed by atoms with Crippen LogP contribution < -0.4 is 22.1 Å². The molecule has 3 aromatic rings. The summed E-state index contributed by atoms with van der Waals surface area (Å²) in [6.45, 7) is 2.29. The van der Waals surface area contributed by atoms with Crippen LogP contribution in [0.5, 0.6) is 0 Å². The highest BCUT2D eigenvalue weighted by atomic mass is 16.2. The summed E-state index contributed by atoms with van der Waals surface area (Å²) < 4.78 is 2.84. The molecule has 0 radical (unpaired) electrons. The van der Waals surface area contributed by atoms with Gasteiger partial charge < -0.3 is 5.73 Å². The third-order valence-corrected chi connectivity index (χ3v) is 4.40. The fraction of sp³-hybridized carbons (Fsp3) is 0.222. The smallest absolute Gasteiger partial charge is 0.351 e. The minimum Gasteiger partial charge on any atom is -0.381 e. The molecule has 1 aromatic carbocycles. The molecule has 7 nitrogen and oxygen atoms in total. The lowest BCUT2D eigenvalue weighted by molar-refractivity contribution is 0.655. The largest absolute Gasteiger partial charge is 0.381 e. The van der Waals surface area contributed by atoms with E-state index in [-0.39, 0.29) is 18.1 Å². The molecule has 1 aliphatic carbocycles. The highest BCUT2D eigenvalue weighted by molar-refractivity contribution is 5.59.